The van der Waals surface area contributed by atoms with E-state index in [1.165, 1.54) is 5.39 Å². The van der Waals surface area contributed by atoms with E-state index >= 15 is 0 Å². The fourth-order valence-corrected chi connectivity index (χ4v) is 4.41. The van der Waals surface area contributed by atoms with Crippen LogP contribution in [0.25, 0.3) is 16.6 Å². The maximum atomic E-state index is 6.09. The highest BCUT2D eigenvalue weighted by molar-refractivity contribution is 7.09. The highest BCUT2D eigenvalue weighted by atomic mass is 32.1. The number of ether oxygens (including phenoxy) is 1. The fraction of sp³-hybridized carbons (Fsp3) is 0.217. The molecule has 1 fully saturated rings. The number of anilines is 1. The minimum absolute atomic E-state index is 0.451. The summed E-state index contributed by atoms with van der Waals surface area (Å²) in [6.45, 7) is 1.31. The zero-order chi connectivity index (χ0) is 20.6. The summed E-state index contributed by atoms with van der Waals surface area (Å²) >= 11 is 1.62. The van der Waals surface area contributed by atoms with Gasteiger partial charge in [0.15, 0.2) is 5.65 Å². The number of benzene rings is 1. The SMILES string of the molecule is c1ccc2nc([C@H]3C[C@@H]3COc3cc(NCc4cncs4)n4nccc4n3)ccc2c1. The molecule has 1 aliphatic rings. The van der Waals surface area contributed by atoms with Gasteiger partial charge in [0.1, 0.15) is 5.82 Å². The number of aromatic nitrogens is 5. The predicted molar refractivity (Wildman–Crippen MR) is 121 cm³/mol. The summed E-state index contributed by atoms with van der Waals surface area (Å²) in [5.41, 5.74) is 4.79. The van der Waals surface area contributed by atoms with Gasteiger partial charge in [-0.25, -0.2) is 0 Å². The molecule has 1 saturated carbocycles. The quantitative estimate of drug-likeness (QED) is 0.410. The molecule has 0 bridgehead atoms. The summed E-state index contributed by atoms with van der Waals surface area (Å²) in [7, 11) is 0. The van der Waals surface area contributed by atoms with E-state index in [1.54, 1.807) is 22.0 Å². The first kappa shape index (κ1) is 18.3. The van der Waals surface area contributed by atoms with Crippen molar-refractivity contribution in [2.75, 3.05) is 11.9 Å². The fourth-order valence-electron chi connectivity index (χ4n) is 3.87. The Morgan fingerprint density at radius 1 is 1.13 bits per heavy atom. The number of pyridine rings is 1. The molecule has 2 atom stereocenters. The lowest BCUT2D eigenvalue weighted by Crippen LogP contribution is -2.08. The topological polar surface area (TPSA) is 77.2 Å². The van der Waals surface area contributed by atoms with Gasteiger partial charge in [-0.15, -0.1) is 11.3 Å². The minimum Gasteiger partial charge on any atom is -0.477 e. The first-order valence-electron chi connectivity index (χ1n) is 10.3. The molecule has 4 heterocycles. The van der Waals surface area contributed by atoms with Gasteiger partial charge in [-0.05, 0) is 18.6 Å². The van der Waals surface area contributed by atoms with Gasteiger partial charge < -0.3 is 10.1 Å². The van der Waals surface area contributed by atoms with Crippen LogP contribution < -0.4 is 10.1 Å². The van der Waals surface area contributed by atoms with Crippen molar-refractivity contribution in [3.63, 3.8) is 0 Å². The lowest BCUT2D eigenvalue weighted by molar-refractivity contribution is 0.286. The molecule has 31 heavy (non-hydrogen) atoms. The first-order chi connectivity index (χ1) is 15.3. The van der Waals surface area contributed by atoms with Crippen molar-refractivity contribution >= 4 is 33.7 Å². The van der Waals surface area contributed by atoms with Crippen molar-refractivity contribution in [1.29, 1.82) is 0 Å². The molecular weight excluding hydrogens is 408 g/mol. The number of nitrogens with one attached hydrogen (secondary N) is 1. The molecule has 0 spiro atoms. The lowest BCUT2D eigenvalue weighted by atomic mass is 10.1. The number of hydrogen-bond acceptors (Lipinski definition) is 7. The zero-order valence-electron chi connectivity index (χ0n) is 16.7. The lowest BCUT2D eigenvalue weighted by Gasteiger charge is -2.11. The number of nitrogens with zero attached hydrogens (tertiary/aromatic N) is 5. The van der Waals surface area contributed by atoms with Crippen LogP contribution in [0.4, 0.5) is 5.82 Å². The predicted octanol–water partition coefficient (Wildman–Crippen LogP) is 4.53. The summed E-state index contributed by atoms with van der Waals surface area (Å²) in [6.07, 6.45) is 4.70. The van der Waals surface area contributed by atoms with Crippen molar-refractivity contribution in [3.05, 3.63) is 77.0 Å². The Labute approximate surface area is 182 Å². The number of para-hydroxylation sites is 1. The van der Waals surface area contributed by atoms with Crippen LogP contribution in [0.3, 0.4) is 0 Å². The third-order valence-electron chi connectivity index (χ3n) is 5.63. The molecule has 6 rings (SSSR count). The van der Waals surface area contributed by atoms with E-state index in [0.717, 1.165) is 34.0 Å². The van der Waals surface area contributed by atoms with Crippen molar-refractivity contribution in [2.24, 2.45) is 5.92 Å². The third kappa shape index (κ3) is 3.70. The van der Waals surface area contributed by atoms with E-state index in [4.69, 9.17) is 9.72 Å². The molecule has 0 unspecified atom stereocenters. The van der Waals surface area contributed by atoms with Gasteiger partial charge in [-0.1, -0.05) is 24.3 Å². The molecule has 1 aliphatic carbocycles. The highest BCUT2D eigenvalue weighted by Gasteiger charge is 2.40. The second-order valence-corrected chi connectivity index (χ2v) is 8.72. The van der Waals surface area contributed by atoms with Gasteiger partial charge in [-0.3, -0.25) is 9.97 Å². The van der Waals surface area contributed by atoms with E-state index in [0.29, 0.717) is 30.9 Å². The van der Waals surface area contributed by atoms with Gasteiger partial charge in [0.25, 0.3) is 0 Å². The maximum absolute atomic E-state index is 6.09. The Kier molecular flexibility index (Phi) is 4.49. The molecule has 5 aromatic rings. The van der Waals surface area contributed by atoms with Crippen LogP contribution in [-0.2, 0) is 6.54 Å². The Bertz CT molecular complexity index is 1350. The second-order valence-electron chi connectivity index (χ2n) is 7.74. The second kappa shape index (κ2) is 7.63. The molecular formula is C23H20N6OS. The number of thiazole rings is 1. The van der Waals surface area contributed by atoms with Gasteiger partial charge in [0, 0.05) is 46.1 Å². The number of rotatable bonds is 7. The van der Waals surface area contributed by atoms with Crippen LogP contribution in [0.15, 0.2) is 66.4 Å². The maximum Gasteiger partial charge on any atom is 0.219 e. The average Bonchev–Trinajstić information content (AvgIpc) is 3.15. The molecule has 154 valence electrons. The average molecular weight is 429 g/mol. The number of hydrogen-bond donors (Lipinski definition) is 1. The van der Waals surface area contributed by atoms with E-state index in [2.05, 4.69) is 44.6 Å². The van der Waals surface area contributed by atoms with E-state index in [1.807, 2.05) is 36.0 Å². The molecule has 0 aliphatic heterocycles. The molecule has 4 aromatic heterocycles. The Balaban J connectivity index is 1.15. The van der Waals surface area contributed by atoms with Crippen LogP contribution >= 0.6 is 11.3 Å². The first-order valence-corrected chi connectivity index (χ1v) is 11.2. The molecule has 8 heteroatoms. The van der Waals surface area contributed by atoms with Crippen LogP contribution in [0.2, 0.25) is 0 Å². The van der Waals surface area contributed by atoms with E-state index < -0.39 is 0 Å². The standard InChI is InChI=1S/C23H20N6OS/c1-2-4-19-15(3-1)5-6-20(27-19)18-9-16(18)13-30-23-10-22(25-12-17-11-24-14-31-17)29-21(28-23)7-8-26-29/h1-8,10-11,14,16,18,25H,9,12-13H2/t16-,18+/m1/s1. The summed E-state index contributed by atoms with van der Waals surface area (Å²) in [4.78, 5) is 14.7. The van der Waals surface area contributed by atoms with Crippen LogP contribution in [0.1, 0.15) is 22.9 Å². The zero-order valence-corrected chi connectivity index (χ0v) is 17.5. The molecule has 0 saturated heterocycles. The van der Waals surface area contributed by atoms with Gasteiger partial charge in [0.2, 0.25) is 5.88 Å². The highest BCUT2D eigenvalue weighted by Crippen LogP contribution is 2.47. The molecule has 0 radical (unpaired) electrons. The molecule has 0 amide bonds. The molecule has 1 aromatic carbocycles. The normalized spacial score (nSPS) is 17.8. The van der Waals surface area contributed by atoms with Crippen LogP contribution in [0, 0.1) is 5.92 Å². The molecule has 7 nitrogen and oxygen atoms in total. The van der Waals surface area contributed by atoms with Crippen molar-refractivity contribution in [3.8, 4) is 5.88 Å². The van der Waals surface area contributed by atoms with Gasteiger partial charge in [0.05, 0.1) is 30.4 Å². The monoisotopic (exact) mass is 428 g/mol. The van der Waals surface area contributed by atoms with E-state index in [-0.39, 0.29) is 0 Å². The Hall–Kier alpha value is -3.52. The Morgan fingerprint density at radius 2 is 2.10 bits per heavy atom. The van der Waals surface area contributed by atoms with Gasteiger partial charge >= 0.3 is 0 Å². The molecule has 1 N–H and O–H groups in total. The van der Waals surface area contributed by atoms with Crippen molar-refractivity contribution in [1.82, 2.24) is 24.6 Å². The largest absolute Gasteiger partial charge is 0.477 e. The van der Waals surface area contributed by atoms with E-state index in [9.17, 15) is 0 Å². The Morgan fingerprint density at radius 3 is 3.03 bits per heavy atom. The summed E-state index contributed by atoms with van der Waals surface area (Å²) in [5, 5.41) is 8.95. The van der Waals surface area contributed by atoms with Crippen LogP contribution in [0.5, 0.6) is 5.88 Å². The summed E-state index contributed by atoms with van der Waals surface area (Å²) in [5.74, 6) is 2.37. The number of fused-ring (bicyclic) bond motifs is 2. The van der Waals surface area contributed by atoms with Gasteiger partial charge in [-0.2, -0.15) is 14.6 Å². The van der Waals surface area contributed by atoms with Crippen molar-refractivity contribution < 1.29 is 4.74 Å². The minimum atomic E-state index is 0.451. The summed E-state index contributed by atoms with van der Waals surface area (Å²) < 4.78 is 7.88. The summed E-state index contributed by atoms with van der Waals surface area (Å²) in [6, 6.07) is 16.3. The van der Waals surface area contributed by atoms with Crippen molar-refractivity contribution in [2.45, 2.75) is 18.9 Å². The smallest absolute Gasteiger partial charge is 0.219 e. The van der Waals surface area contributed by atoms with Crippen LogP contribution in [-0.4, -0.2) is 31.2 Å². The third-order valence-corrected chi connectivity index (χ3v) is 6.41.